The van der Waals surface area contributed by atoms with Crippen LogP contribution in [0, 0.1) is 0 Å². The molecule has 5 nitrogen and oxygen atoms in total. The summed E-state index contributed by atoms with van der Waals surface area (Å²) in [6.45, 7) is 1.20. The van der Waals surface area contributed by atoms with Gasteiger partial charge in [-0.05, 0) is 24.5 Å². The van der Waals surface area contributed by atoms with Crippen molar-refractivity contribution >= 4 is 17.6 Å². The highest BCUT2D eigenvalue weighted by Gasteiger charge is 2.21. The highest BCUT2D eigenvalue weighted by molar-refractivity contribution is 5.95. The van der Waals surface area contributed by atoms with Gasteiger partial charge in [0.25, 0.3) is 5.91 Å². The number of aryl methyl sites for hydroxylation is 1. The van der Waals surface area contributed by atoms with Crippen LogP contribution in [0.5, 0.6) is 0 Å². The minimum absolute atomic E-state index is 0.0445. The molecule has 1 heterocycles. The van der Waals surface area contributed by atoms with Crippen LogP contribution < -0.4 is 4.90 Å². The fraction of sp³-hybridized carbons (Fsp3) is 0.429. The number of anilines is 1. The molecule has 5 heteroatoms. The predicted octanol–water partition coefficient (Wildman–Crippen LogP) is 1.46. The Morgan fingerprint density at radius 2 is 2.16 bits per heavy atom. The fourth-order valence-corrected chi connectivity index (χ4v) is 2.19. The number of para-hydroxylation sites is 1. The van der Waals surface area contributed by atoms with Gasteiger partial charge >= 0.3 is 5.97 Å². The number of rotatable bonds is 5. The summed E-state index contributed by atoms with van der Waals surface area (Å²) < 4.78 is 5.12. The Kier molecular flexibility index (Phi) is 4.52. The van der Waals surface area contributed by atoms with Gasteiger partial charge in [-0.1, -0.05) is 18.2 Å². The van der Waals surface area contributed by atoms with Crippen LogP contribution in [0.25, 0.3) is 0 Å². The van der Waals surface area contributed by atoms with Gasteiger partial charge in [0.2, 0.25) is 0 Å². The zero-order valence-electron chi connectivity index (χ0n) is 10.7. The van der Waals surface area contributed by atoms with Crippen LogP contribution in [0.3, 0.4) is 0 Å². The highest BCUT2D eigenvalue weighted by Crippen LogP contribution is 2.23. The predicted molar refractivity (Wildman–Crippen MR) is 70.2 cm³/mol. The molecular weight excluding hydrogens is 246 g/mol. The molecule has 2 rings (SSSR count). The Bertz CT molecular complexity index is 472. The zero-order valence-corrected chi connectivity index (χ0v) is 10.7. The van der Waals surface area contributed by atoms with Gasteiger partial charge in [0, 0.05) is 18.7 Å². The lowest BCUT2D eigenvalue weighted by atomic mass is 10.0. The molecule has 1 fully saturated rings. The Labute approximate surface area is 111 Å². The summed E-state index contributed by atoms with van der Waals surface area (Å²) in [6.07, 6.45) is 1.38. The molecule has 1 amide bonds. The number of benzene rings is 1. The number of carbonyl (C=O) groups excluding carboxylic acids is 1. The highest BCUT2D eigenvalue weighted by atomic mass is 16.5. The van der Waals surface area contributed by atoms with Crippen molar-refractivity contribution in [1.82, 2.24) is 0 Å². The molecule has 0 saturated carbocycles. The molecule has 0 spiro atoms. The number of carboxylic acid groups (broad SMARTS) is 1. The van der Waals surface area contributed by atoms with E-state index in [1.807, 2.05) is 24.3 Å². The molecular formula is C14H17NO4. The second-order valence-corrected chi connectivity index (χ2v) is 4.47. The Morgan fingerprint density at radius 3 is 2.89 bits per heavy atom. The molecule has 1 saturated heterocycles. The number of ether oxygens (including phenoxy) is 1. The SMILES string of the molecule is O=C(O)CCCc1ccccc1N1CCOCC1=O. The molecule has 102 valence electrons. The molecule has 1 aromatic rings. The van der Waals surface area contributed by atoms with Gasteiger partial charge in [0.1, 0.15) is 6.61 Å². The minimum Gasteiger partial charge on any atom is -0.481 e. The molecule has 0 radical (unpaired) electrons. The summed E-state index contributed by atoms with van der Waals surface area (Å²) in [5, 5.41) is 8.67. The number of hydrogen-bond acceptors (Lipinski definition) is 3. The first-order valence-electron chi connectivity index (χ1n) is 6.36. The molecule has 0 aliphatic carbocycles. The van der Waals surface area contributed by atoms with Gasteiger partial charge in [0.15, 0.2) is 0 Å². The number of amides is 1. The molecule has 0 aromatic heterocycles. The van der Waals surface area contributed by atoms with Gasteiger partial charge in [-0.25, -0.2) is 0 Å². The second-order valence-electron chi connectivity index (χ2n) is 4.47. The van der Waals surface area contributed by atoms with Crippen LogP contribution in [-0.4, -0.2) is 36.7 Å². The summed E-state index contributed by atoms with van der Waals surface area (Å²) in [4.78, 5) is 24.1. The summed E-state index contributed by atoms with van der Waals surface area (Å²) >= 11 is 0. The lowest BCUT2D eigenvalue weighted by Gasteiger charge is -2.28. The number of carbonyl (C=O) groups is 2. The molecule has 0 bridgehead atoms. The standard InChI is InChI=1S/C14H17NO4/c16-13-10-19-9-8-15(13)12-6-2-1-4-11(12)5-3-7-14(17)18/h1-2,4,6H,3,5,7-10H2,(H,17,18). The van der Waals surface area contributed by atoms with Gasteiger partial charge in [-0.15, -0.1) is 0 Å². The van der Waals surface area contributed by atoms with Crippen LogP contribution in [0.1, 0.15) is 18.4 Å². The first kappa shape index (κ1) is 13.5. The zero-order chi connectivity index (χ0) is 13.7. The molecule has 1 aromatic carbocycles. The summed E-state index contributed by atoms with van der Waals surface area (Å²) in [5.74, 6) is -0.836. The van der Waals surface area contributed by atoms with E-state index in [1.165, 1.54) is 0 Å². The van der Waals surface area contributed by atoms with E-state index in [1.54, 1.807) is 4.90 Å². The smallest absolute Gasteiger partial charge is 0.303 e. The van der Waals surface area contributed by atoms with Gasteiger partial charge in [0.05, 0.1) is 6.61 Å². The molecule has 1 aliphatic rings. The van der Waals surface area contributed by atoms with Crippen LogP contribution in [0.2, 0.25) is 0 Å². The van der Waals surface area contributed by atoms with Crippen molar-refractivity contribution in [2.24, 2.45) is 0 Å². The topological polar surface area (TPSA) is 66.8 Å². The van der Waals surface area contributed by atoms with Gasteiger partial charge in [-0.2, -0.15) is 0 Å². The average Bonchev–Trinajstić information content (AvgIpc) is 2.40. The van der Waals surface area contributed by atoms with E-state index in [-0.39, 0.29) is 18.9 Å². The van der Waals surface area contributed by atoms with Crippen molar-refractivity contribution < 1.29 is 19.4 Å². The van der Waals surface area contributed by atoms with Crippen molar-refractivity contribution in [3.8, 4) is 0 Å². The van der Waals surface area contributed by atoms with E-state index in [2.05, 4.69) is 0 Å². The normalized spacial score (nSPS) is 15.6. The van der Waals surface area contributed by atoms with Crippen LogP contribution in [0.4, 0.5) is 5.69 Å². The Hall–Kier alpha value is -1.88. The minimum atomic E-state index is -0.792. The largest absolute Gasteiger partial charge is 0.481 e. The second kappa shape index (κ2) is 6.33. The Morgan fingerprint density at radius 1 is 1.37 bits per heavy atom. The number of carboxylic acids is 1. The quantitative estimate of drug-likeness (QED) is 0.873. The summed E-state index contributed by atoms with van der Waals surface area (Å²) in [7, 11) is 0. The number of hydrogen-bond donors (Lipinski definition) is 1. The Balaban J connectivity index is 2.11. The van der Waals surface area contributed by atoms with Crippen molar-refractivity contribution in [1.29, 1.82) is 0 Å². The number of nitrogens with zero attached hydrogens (tertiary/aromatic N) is 1. The first-order chi connectivity index (χ1) is 9.18. The van der Waals surface area contributed by atoms with Crippen LogP contribution >= 0.6 is 0 Å². The van der Waals surface area contributed by atoms with Crippen LogP contribution in [0.15, 0.2) is 24.3 Å². The van der Waals surface area contributed by atoms with Crippen molar-refractivity contribution in [3.05, 3.63) is 29.8 Å². The first-order valence-corrected chi connectivity index (χ1v) is 6.36. The third-order valence-corrected chi connectivity index (χ3v) is 3.10. The van der Waals surface area contributed by atoms with Crippen molar-refractivity contribution in [2.75, 3.05) is 24.7 Å². The van der Waals surface area contributed by atoms with E-state index >= 15 is 0 Å². The lowest BCUT2D eigenvalue weighted by Crippen LogP contribution is -2.42. The van der Waals surface area contributed by atoms with Gasteiger partial charge in [-0.3, -0.25) is 9.59 Å². The van der Waals surface area contributed by atoms with E-state index in [9.17, 15) is 9.59 Å². The third-order valence-electron chi connectivity index (χ3n) is 3.10. The molecule has 1 N–H and O–H groups in total. The third kappa shape index (κ3) is 3.54. The average molecular weight is 263 g/mol. The molecule has 1 aliphatic heterocycles. The summed E-state index contributed by atoms with van der Waals surface area (Å²) in [6, 6.07) is 7.64. The lowest BCUT2D eigenvalue weighted by molar-refractivity contribution is -0.137. The monoisotopic (exact) mass is 263 g/mol. The maximum absolute atomic E-state index is 11.8. The molecule has 0 unspecified atom stereocenters. The van der Waals surface area contributed by atoms with E-state index in [4.69, 9.17) is 9.84 Å². The van der Waals surface area contributed by atoms with Crippen LogP contribution in [-0.2, 0) is 20.7 Å². The maximum Gasteiger partial charge on any atom is 0.303 e. The maximum atomic E-state index is 11.8. The number of morpholine rings is 1. The van der Waals surface area contributed by atoms with Crippen molar-refractivity contribution in [2.45, 2.75) is 19.3 Å². The fourth-order valence-electron chi connectivity index (χ4n) is 2.19. The molecule has 0 atom stereocenters. The van der Waals surface area contributed by atoms with Crippen molar-refractivity contribution in [3.63, 3.8) is 0 Å². The van der Waals surface area contributed by atoms with Gasteiger partial charge < -0.3 is 14.7 Å². The number of aliphatic carboxylic acids is 1. The molecule has 19 heavy (non-hydrogen) atoms. The summed E-state index contributed by atoms with van der Waals surface area (Å²) in [5.41, 5.74) is 1.89. The van der Waals surface area contributed by atoms with E-state index in [0.717, 1.165) is 11.3 Å². The van der Waals surface area contributed by atoms with E-state index < -0.39 is 5.97 Å². The van der Waals surface area contributed by atoms with E-state index in [0.29, 0.717) is 26.0 Å².